The number of rotatable bonds is 4. The van der Waals surface area contributed by atoms with Crippen LogP contribution < -0.4 is 11.1 Å². The third-order valence-corrected chi connectivity index (χ3v) is 3.00. The van der Waals surface area contributed by atoms with E-state index in [0.717, 1.165) is 19.4 Å². The molecule has 88 valence electrons. The van der Waals surface area contributed by atoms with Crippen LogP contribution >= 0.6 is 0 Å². The Morgan fingerprint density at radius 3 is 2.38 bits per heavy atom. The van der Waals surface area contributed by atoms with E-state index in [1.807, 2.05) is 0 Å². The van der Waals surface area contributed by atoms with Gasteiger partial charge in [0.05, 0.1) is 0 Å². The Balaban J connectivity index is 1.87. The molecule has 0 heterocycles. The van der Waals surface area contributed by atoms with Crippen LogP contribution in [0.5, 0.6) is 0 Å². The summed E-state index contributed by atoms with van der Waals surface area (Å²) in [5, 5.41) is 3.50. The van der Waals surface area contributed by atoms with Gasteiger partial charge < -0.3 is 16.0 Å². The number of benzene rings is 1. The van der Waals surface area contributed by atoms with Crippen LogP contribution in [0.15, 0.2) is 24.3 Å². The van der Waals surface area contributed by atoms with Crippen LogP contribution in [0, 0.1) is 0 Å². The van der Waals surface area contributed by atoms with Crippen LogP contribution in [0.3, 0.4) is 0 Å². The molecule has 1 fully saturated rings. The third kappa shape index (κ3) is 2.97. The molecule has 3 nitrogen and oxygen atoms in total. The Morgan fingerprint density at radius 1 is 1.25 bits per heavy atom. The van der Waals surface area contributed by atoms with E-state index in [4.69, 9.17) is 5.73 Å². The van der Waals surface area contributed by atoms with E-state index >= 15 is 0 Å². The lowest BCUT2D eigenvalue weighted by Crippen LogP contribution is -2.44. The van der Waals surface area contributed by atoms with Gasteiger partial charge in [0.25, 0.3) is 0 Å². The molecule has 0 atom stereocenters. The van der Waals surface area contributed by atoms with Crippen LogP contribution in [0.25, 0.3) is 0 Å². The van der Waals surface area contributed by atoms with Crippen LogP contribution in [-0.4, -0.2) is 31.1 Å². The molecule has 0 aliphatic heterocycles. The van der Waals surface area contributed by atoms with E-state index in [9.17, 15) is 0 Å². The highest BCUT2D eigenvalue weighted by Crippen LogP contribution is 2.22. The fourth-order valence-corrected chi connectivity index (χ4v) is 2.09. The first kappa shape index (κ1) is 11.4. The number of nitrogens with one attached hydrogen (secondary N) is 1. The highest BCUT2D eigenvalue weighted by atomic mass is 15.0. The van der Waals surface area contributed by atoms with Crippen molar-refractivity contribution in [3.8, 4) is 0 Å². The minimum absolute atomic E-state index is 0.408. The van der Waals surface area contributed by atoms with Crippen molar-refractivity contribution in [3.05, 3.63) is 29.8 Å². The average molecular weight is 219 g/mol. The molecule has 0 aromatic heterocycles. The Bertz CT molecular complexity index is 326. The van der Waals surface area contributed by atoms with Gasteiger partial charge in [-0.25, -0.2) is 0 Å². The molecule has 1 aliphatic carbocycles. The van der Waals surface area contributed by atoms with Crippen LogP contribution in [0.4, 0.5) is 5.69 Å². The summed E-state index contributed by atoms with van der Waals surface area (Å²) in [4.78, 5) is 2.17. The van der Waals surface area contributed by atoms with Gasteiger partial charge in [-0.15, -0.1) is 0 Å². The van der Waals surface area contributed by atoms with Crippen LogP contribution in [0.2, 0.25) is 0 Å². The van der Waals surface area contributed by atoms with E-state index in [1.165, 1.54) is 11.3 Å². The van der Waals surface area contributed by atoms with Gasteiger partial charge >= 0.3 is 0 Å². The van der Waals surface area contributed by atoms with E-state index < -0.39 is 0 Å². The highest BCUT2D eigenvalue weighted by molar-refractivity contribution is 5.46. The molecule has 3 N–H and O–H groups in total. The van der Waals surface area contributed by atoms with Gasteiger partial charge in [0, 0.05) is 24.3 Å². The first-order valence-electron chi connectivity index (χ1n) is 5.89. The van der Waals surface area contributed by atoms with Crippen molar-refractivity contribution >= 4 is 5.69 Å². The Morgan fingerprint density at radius 2 is 1.88 bits per heavy atom. The molecule has 16 heavy (non-hydrogen) atoms. The van der Waals surface area contributed by atoms with Gasteiger partial charge in [-0.1, -0.05) is 12.1 Å². The summed E-state index contributed by atoms with van der Waals surface area (Å²) in [6.45, 7) is 0.995. The molecule has 1 aromatic rings. The molecular weight excluding hydrogens is 198 g/mol. The largest absolute Gasteiger partial charge is 0.382 e. The topological polar surface area (TPSA) is 41.3 Å². The molecule has 1 aromatic carbocycles. The number of nitrogens with two attached hydrogens (primary N) is 1. The molecular formula is C13H21N3. The molecule has 1 aliphatic rings. The standard InChI is InChI=1S/C13H21N3/c1-16(2)9-10-3-5-12(6-4-10)15-13-7-11(14)8-13/h3-6,11,13,15H,7-9,14H2,1-2H3. The zero-order valence-corrected chi connectivity index (χ0v) is 10.1. The number of nitrogens with zero attached hydrogens (tertiary/aromatic N) is 1. The Kier molecular flexibility index (Phi) is 3.46. The van der Waals surface area contributed by atoms with Gasteiger partial charge in [-0.05, 0) is 44.6 Å². The number of anilines is 1. The highest BCUT2D eigenvalue weighted by Gasteiger charge is 2.25. The Labute approximate surface area is 97.6 Å². The monoisotopic (exact) mass is 219 g/mol. The predicted molar refractivity (Wildman–Crippen MR) is 68.5 cm³/mol. The zero-order valence-electron chi connectivity index (χ0n) is 10.1. The van der Waals surface area contributed by atoms with Gasteiger partial charge in [0.15, 0.2) is 0 Å². The summed E-state index contributed by atoms with van der Waals surface area (Å²) < 4.78 is 0. The second-order valence-electron chi connectivity index (χ2n) is 5.01. The minimum atomic E-state index is 0.408. The molecule has 0 spiro atoms. The van der Waals surface area contributed by atoms with Crippen molar-refractivity contribution in [2.75, 3.05) is 19.4 Å². The number of hydrogen-bond donors (Lipinski definition) is 2. The quantitative estimate of drug-likeness (QED) is 0.809. The molecule has 0 bridgehead atoms. The molecule has 0 unspecified atom stereocenters. The normalized spacial score (nSPS) is 24.2. The van der Waals surface area contributed by atoms with Gasteiger partial charge in [-0.3, -0.25) is 0 Å². The molecule has 1 saturated carbocycles. The van der Waals surface area contributed by atoms with Crippen molar-refractivity contribution in [1.29, 1.82) is 0 Å². The second kappa shape index (κ2) is 4.85. The molecule has 2 rings (SSSR count). The van der Waals surface area contributed by atoms with E-state index in [1.54, 1.807) is 0 Å². The first-order valence-corrected chi connectivity index (χ1v) is 5.89. The average Bonchev–Trinajstić information content (AvgIpc) is 2.18. The first-order chi connectivity index (χ1) is 7.63. The maximum atomic E-state index is 5.76. The second-order valence-corrected chi connectivity index (χ2v) is 5.01. The van der Waals surface area contributed by atoms with Gasteiger partial charge in [-0.2, -0.15) is 0 Å². The maximum absolute atomic E-state index is 5.76. The molecule has 0 radical (unpaired) electrons. The maximum Gasteiger partial charge on any atom is 0.0342 e. The summed E-state index contributed by atoms with van der Waals surface area (Å²) >= 11 is 0. The van der Waals surface area contributed by atoms with Gasteiger partial charge in [0.1, 0.15) is 0 Å². The fourth-order valence-electron chi connectivity index (χ4n) is 2.09. The summed E-state index contributed by atoms with van der Waals surface area (Å²) in [6.07, 6.45) is 2.19. The smallest absolute Gasteiger partial charge is 0.0342 e. The zero-order chi connectivity index (χ0) is 11.5. The van der Waals surface area contributed by atoms with E-state index in [-0.39, 0.29) is 0 Å². The summed E-state index contributed by atoms with van der Waals surface area (Å²) in [7, 11) is 4.17. The van der Waals surface area contributed by atoms with E-state index in [2.05, 4.69) is 48.6 Å². The van der Waals surface area contributed by atoms with Gasteiger partial charge in [0.2, 0.25) is 0 Å². The van der Waals surface area contributed by atoms with Crippen molar-refractivity contribution in [1.82, 2.24) is 4.90 Å². The van der Waals surface area contributed by atoms with Crippen LogP contribution in [-0.2, 0) is 6.54 Å². The Hall–Kier alpha value is -1.06. The molecule has 0 amide bonds. The summed E-state index contributed by atoms with van der Waals surface area (Å²) in [5.74, 6) is 0. The third-order valence-electron chi connectivity index (χ3n) is 3.00. The summed E-state index contributed by atoms with van der Waals surface area (Å²) in [6, 6.07) is 9.66. The molecule has 0 saturated heterocycles. The van der Waals surface area contributed by atoms with Crippen molar-refractivity contribution in [3.63, 3.8) is 0 Å². The number of hydrogen-bond acceptors (Lipinski definition) is 3. The predicted octanol–water partition coefficient (Wildman–Crippen LogP) is 1.65. The van der Waals surface area contributed by atoms with Crippen molar-refractivity contribution < 1.29 is 0 Å². The summed E-state index contributed by atoms with van der Waals surface area (Å²) in [5.41, 5.74) is 8.31. The van der Waals surface area contributed by atoms with Crippen molar-refractivity contribution in [2.45, 2.75) is 31.5 Å². The lowest BCUT2D eigenvalue weighted by molar-refractivity contribution is 0.373. The fraction of sp³-hybridized carbons (Fsp3) is 0.538. The van der Waals surface area contributed by atoms with Crippen molar-refractivity contribution in [2.24, 2.45) is 5.73 Å². The lowest BCUT2D eigenvalue weighted by atomic mass is 9.87. The van der Waals surface area contributed by atoms with Crippen LogP contribution in [0.1, 0.15) is 18.4 Å². The lowest BCUT2D eigenvalue weighted by Gasteiger charge is -2.33. The molecule has 3 heteroatoms. The van der Waals surface area contributed by atoms with E-state index in [0.29, 0.717) is 12.1 Å². The SMILES string of the molecule is CN(C)Cc1ccc(NC2CC(N)C2)cc1. The minimum Gasteiger partial charge on any atom is -0.382 e.